The zero-order chi connectivity index (χ0) is 34.7. The molecule has 0 saturated carbocycles. The van der Waals surface area contributed by atoms with Gasteiger partial charge in [-0.25, -0.2) is 28.5 Å². The van der Waals surface area contributed by atoms with Crippen LogP contribution in [0.25, 0.3) is 28.0 Å². The first kappa shape index (κ1) is 33.6. The van der Waals surface area contributed by atoms with Crippen molar-refractivity contribution in [1.82, 2.24) is 24.4 Å². The number of hydrogen-bond acceptors (Lipinski definition) is 8. The maximum Gasteiger partial charge on any atom is 0.410 e. The Morgan fingerprint density at radius 3 is 2.38 bits per heavy atom. The molecule has 0 radical (unpaired) electrons. The van der Waals surface area contributed by atoms with Crippen LogP contribution >= 0.6 is 11.6 Å². The van der Waals surface area contributed by atoms with Gasteiger partial charge in [-0.1, -0.05) is 37.6 Å². The summed E-state index contributed by atoms with van der Waals surface area (Å²) in [7, 11) is 0. The van der Waals surface area contributed by atoms with Crippen molar-refractivity contribution in [3.8, 4) is 16.9 Å². The number of anilines is 2. The third-order valence-electron chi connectivity index (χ3n) is 8.96. The van der Waals surface area contributed by atoms with Gasteiger partial charge in [-0.3, -0.25) is 0 Å². The third kappa shape index (κ3) is 6.20. The van der Waals surface area contributed by atoms with Crippen molar-refractivity contribution in [3.63, 3.8) is 0 Å². The Balaban J connectivity index is 1.57. The summed E-state index contributed by atoms with van der Waals surface area (Å²) in [4.78, 5) is 48.1. The largest absolute Gasteiger partial charge is 0.444 e. The maximum atomic E-state index is 15.2. The van der Waals surface area contributed by atoms with Crippen LogP contribution in [0.5, 0.6) is 0 Å². The summed E-state index contributed by atoms with van der Waals surface area (Å²) in [6.07, 6.45) is 0.724. The fraction of sp³-hybridized carbons (Fsp3) is 0.472. The van der Waals surface area contributed by atoms with Crippen LogP contribution < -0.4 is 15.5 Å². The number of aryl methyl sites for hydroxylation is 1. The maximum absolute atomic E-state index is 15.2. The predicted molar refractivity (Wildman–Crippen MR) is 188 cm³/mol. The topological polar surface area (TPSA) is 96.7 Å². The highest BCUT2D eigenvalue weighted by Crippen LogP contribution is 2.37. The molecule has 10 nitrogen and oxygen atoms in total. The van der Waals surface area contributed by atoms with Crippen LogP contribution in [-0.2, 0) is 4.74 Å². The molecule has 0 spiro atoms. The average Bonchev–Trinajstić information content (AvgIpc) is 2.96. The second-order valence-electron chi connectivity index (χ2n) is 14.2. The second-order valence-corrected chi connectivity index (χ2v) is 14.6. The van der Waals surface area contributed by atoms with E-state index in [1.54, 1.807) is 29.2 Å². The van der Waals surface area contributed by atoms with Crippen LogP contribution in [0.3, 0.4) is 0 Å². The minimum atomic E-state index is -0.632. The van der Waals surface area contributed by atoms with Crippen molar-refractivity contribution < 1.29 is 13.9 Å². The van der Waals surface area contributed by atoms with Crippen LogP contribution in [0.2, 0.25) is 5.02 Å². The molecule has 2 fully saturated rings. The zero-order valence-electron chi connectivity index (χ0n) is 28.8. The molecule has 3 aromatic heterocycles. The molecule has 0 unspecified atom stereocenters. The van der Waals surface area contributed by atoms with Crippen molar-refractivity contribution in [3.05, 3.63) is 69.0 Å². The first-order valence-corrected chi connectivity index (χ1v) is 16.9. The highest BCUT2D eigenvalue weighted by molar-refractivity contribution is 6.33. The molecule has 2 saturated heterocycles. The van der Waals surface area contributed by atoms with E-state index in [-0.39, 0.29) is 40.4 Å². The van der Waals surface area contributed by atoms with E-state index in [1.165, 1.54) is 10.6 Å². The molecule has 2 atom stereocenters. The van der Waals surface area contributed by atoms with Gasteiger partial charge in [0.2, 0.25) is 0 Å². The Hall–Kier alpha value is -4.25. The number of halogens is 2. The molecular formula is C36H43ClFN7O3. The van der Waals surface area contributed by atoms with Crippen LogP contribution in [0, 0.1) is 12.7 Å². The van der Waals surface area contributed by atoms with Gasteiger partial charge in [0.25, 0.3) is 0 Å². The number of pyridine rings is 2. The number of piperazine rings is 1. The van der Waals surface area contributed by atoms with E-state index < -0.39 is 17.1 Å². The highest BCUT2D eigenvalue weighted by atomic mass is 35.5. The molecule has 0 bridgehead atoms. The summed E-state index contributed by atoms with van der Waals surface area (Å²) in [6, 6.07) is 9.55. The van der Waals surface area contributed by atoms with E-state index in [9.17, 15) is 9.59 Å². The van der Waals surface area contributed by atoms with E-state index in [4.69, 9.17) is 31.3 Å². The lowest BCUT2D eigenvalue weighted by Gasteiger charge is -2.44. The van der Waals surface area contributed by atoms with E-state index in [2.05, 4.69) is 4.90 Å². The number of carbonyl (C=O) groups is 1. The van der Waals surface area contributed by atoms with Crippen LogP contribution in [-0.4, -0.2) is 74.4 Å². The first-order valence-electron chi connectivity index (χ1n) is 16.6. The van der Waals surface area contributed by atoms with Crippen molar-refractivity contribution in [2.45, 2.75) is 85.4 Å². The molecular weight excluding hydrogens is 633 g/mol. The Kier molecular flexibility index (Phi) is 8.87. The Bertz CT molecular complexity index is 1950. The highest BCUT2D eigenvalue weighted by Gasteiger charge is 2.37. The molecule has 0 aliphatic carbocycles. The summed E-state index contributed by atoms with van der Waals surface area (Å²) >= 11 is 6.89. The lowest BCUT2D eigenvalue weighted by atomic mass is 10.0. The van der Waals surface area contributed by atoms with Crippen molar-refractivity contribution >= 4 is 40.4 Å². The Morgan fingerprint density at radius 2 is 1.75 bits per heavy atom. The molecule has 5 heterocycles. The number of amides is 1. The van der Waals surface area contributed by atoms with Gasteiger partial charge in [-0.2, -0.15) is 4.98 Å². The van der Waals surface area contributed by atoms with Crippen molar-refractivity contribution in [1.29, 1.82) is 0 Å². The molecule has 6 rings (SSSR count). The van der Waals surface area contributed by atoms with Gasteiger partial charge >= 0.3 is 11.8 Å². The number of aromatic nitrogens is 4. The molecule has 254 valence electrons. The molecule has 4 aromatic rings. The Labute approximate surface area is 285 Å². The zero-order valence-corrected chi connectivity index (χ0v) is 29.6. The van der Waals surface area contributed by atoms with Gasteiger partial charge in [0.15, 0.2) is 5.65 Å². The number of rotatable bonds is 5. The van der Waals surface area contributed by atoms with E-state index in [0.29, 0.717) is 35.6 Å². The number of hydrogen-bond donors (Lipinski definition) is 0. The Morgan fingerprint density at radius 1 is 1.04 bits per heavy atom. The minimum Gasteiger partial charge on any atom is -0.444 e. The van der Waals surface area contributed by atoms with Gasteiger partial charge in [-0.05, 0) is 83.7 Å². The summed E-state index contributed by atoms with van der Waals surface area (Å²) in [5.74, 6) is 0.774. The summed E-state index contributed by atoms with van der Waals surface area (Å²) in [6.45, 7) is 18.1. The number of ether oxygens (including phenoxy) is 1. The van der Waals surface area contributed by atoms with E-state index in [0.717, 1.165) is 36.6 Å². The molecule has 2 aliphatic rings. The monoisotopic (exact) mass is 675 g/mol. The number of fused-ring (bicyclic) bond motifs is 1. The third-order valence-corrected chi connectivity index (χ3v) is 9.25. The lowest BCUT2D eigenvalue weighted by molar-refractivity contribution is 0.0130. The van der Waals surface area contributed by atoms with Crippen LogP contribution in [0.4, 0.5) is 20.8 Å². The number of benzene rings is 1. The van der Waals surface area contributed by atoms with Crippen molar-refractivity contribution in [2.24, 2.45) is 0 Å². The fourth-order valence-electron chi connectivity index (χ4n) is 6.44. The smallest absolute Gasteiger partial charge is 0.410 e. The van der Waals surface area contributed by atoms with Crippen molar-refractivity contribution in [2.75, 3.05) is 36.0 Å². The quantitative estimate of drug-likeness (QED) is 0.221. The SMILES string of the molecule is Cc1cc(N2CCC2)nc(C(C)C)c1-n1c(=O)nc(N2C[C@@H](C)N(C(=O)OC(C)(C)C)C[C@@H]2C)c2cc(Cl)c(-c3ccccc3F)nc21. The minimum absolute atomic E-state index is 0.0262. The number of nitrogens with zero attached hydrogens (tertiary/aromatic N) is 7. The van der Waals surface area contributed by atoms with Gasteiger partial charge in [0.05, 0.1) is 27.5 Å². The first-order chi connectivity index (χ1) is 22.6. The molecule has 48 heavy (non-hydrogen) atoms. The standard InChI is InChI=1S/C36H43ClFN7O3/c1-20(2)29-31(21(3)16-28(39-29)42-14-11-15-42)45-33-25(17-26(37)30(40-33)24-12-9-10-13-27(24)38)32(41-34(45)46)43-18-23(5)44(19-22(43)4)35(47)48-36(6,7)8/h9-10,12-13,16-17,20,22-23H,11,14-15,18-19H2,1-8H3/t22-,23+/m0/s1. The second kappa shape index (κ2) is 12.7. The van der Waals surface area contributed by atoms with E-state index in [1.807, 2.05) is 66.4 Å². The number of carbonyl (C=O) groups excluding carboxylic acids is 1. The molecule has 2 aliphatic heterocycles. The molecule has 0 N–H and O–H groups in total. The fourth-order valence-corrected chi connectivity index (χ4v) is 6.69. The normalized spacial score (nSPS) is 18.4. The predicted octanol–water partition coefficient (Wildman–Crippen LogP) is 7.11. The molecule has 1 aromatic carbocycles. The molecule has 12 heteroatoms. The van der Waals surface area contributed by atoms with E-state index >= 15 is 4.39 Å². The van der Waals surface area contributed by atoms with Gasteiger partial charge < -0.3 is 19.4 Å². The summed E-state index contributed by atoms with van der Waals surface area (Å²) in [5.41, 5.74) is 1.77. The molecule has 1 amide bonds. The average molecular weight is 676 g/mol. The van der Waals surface area contributed by atoms with Crippen LogP contribution in [0.15, 0.2) is 41.2 Å². The lowest BCUT2D eigenvalue weighted by Crippen LogP contribution is -2.59. The summed E-state index contributed by atoms with van der Waals surface area (Å²) in [5, 5.41) is 0.756. The van der Waals surface area contributed by atoms with Crippen LogP contribution in [0.1, 0.15) is 72.1 Å². The van der Waals surface area contributed by atoms with Gasteiger partial charge in [-0.15, -0.1) is 0 Å². The summed E-state index contributed by atoms with van der Waals surface area (Å²) < 4.78 is 22.4. The van der Waals surface area contributed by atoms with Gasteiger partial charge in [0.1, 0.15) is 23.1 Å². The van der Waals surface area contributed by atoms with Gasteiger partial charge in [0, 0.05) is 43.8 Å².